The summed E-state index contributed by atoms with van der Waals surface area (Å²) in [5.74, 6) is 0.690. The van der Waals surface area contributed by atoms with Crippen LogP contribution in [0.4, 0.5) is 0 Å². The smallest absolute Gasteiger partial charge is 0.0625 e. The average Bonchev–Trinajstić information content (AvgIpc) is 2.48. The van der Waals surface area contributed by atoms with Gasteiger partial charge in [-0.2, -0.15) is 5.10 Å². The van der Waals surface area contributed by atoms with E-state index in [1.165, 1.54) is 0 Å². The summed E-state index contributed by atoms with van der Waals surface area (Å²) in [4.78, 5) is 1.08. The highest BCUT2D eigenvalue weighted by molar-refractivity contribution is 7.99. The van der Waals surface area contributed by atoms with Crippen molar-refractivity contribution < 1.29 is 5.11 Å². The van der Waals surface area contributed by atoms with Gasteiger partial charge in [0.05, 0.1) is 12.8 Å². The highest BCUT2D eigenvalue weighted by Gasteiger charge is 2.17. The molecule has 5 heteroatoms. The van der Waals surface area contributed by atoms with E-state index in [2.05, 4.69) is 5.10 Å². The molecule has 0 aliphatic carbocycles. The van der Waals surface area contributed by atoms with Crippen molar-refractivity contribution in [3.05, 3.63) is 12.4 Å². The maximum atomic E-state index is 8.92. The van der Waals surface area contributed by atoms with E-state index in [4.69, 9.17) is 10.8 Å². The lowest BCUT2D eigenvalue weighted by Crippen LogP contribution is -2.42. The van der Waals surface area contributed by atoms with Crippen LogP contribution in [-0.2, 0) is 7.05 Å². The van der Waals surface area contributed by atoms with Gasteiger partial charge in [0.1, 0.15) is 0 Å². The molecule has 74 valence electrons. The minimum atomic E-state index is -0.513. The molecule has 0 amide bonds. The van der Waals surface area contributed by atoms with Crippen LogP contribution in [0.1, 0.15) is 6.92 Å². The lowest BCUT2D eigenvalue weighted by Gasteiger charge is -2.20. The summed E-state index contributed by atoms with van der Waals surface area (Å²) < 4.78 is 1.75. The first kappa shape index (κ1) is 10.6. The van der Waals surface area contributed by atoms with E-state index >= 15 is 0 Å². The zero-order valence-corrected chi connectivity index (χ0v) is 8.71. The Morgan fingerprint density at radius 2 is 2.46 bits per heavy atom. The Labute approximate surface area is 82.1 Å². The molecule has 0 bridgehead atoms. The first-order valence-corrected chi connectivity index (χ1v) is 5.03. The standard InChI is InChI=1S/C8H15N3OS/c1-8(9,5-12)6-13-7-3-10-11(2)4-7/h3-4,12H,5-6,9H2,1-2H3. The zero-order chi connectivity index (χ0) is 9.90. The third-order valence-electron chi connectivity index (χ3n) is 1.61. The molecule has 3 N–H and O–H groups in total. The molecule has 0 radical (unpaired) electrons. The fraction of sp³-hybridized carbons (Fsp3) is 0.625. The number of nitrogens with two attached hydrogens (primary N) is 1. The molecule has 1 rings (SSSR count). The number of aliphatic hydroxyl groups is 1. The van der Waals surface area contributed by atoms with Crippen LogP contribution >= 0.6 is 11.8 Å². The average molecular weight is 201 g/mol. The van der Waals surface area contributed by atoms with Gasteiger partial charge in [-0.15, -0.1) is 11.8 Å². The van der Waals surface area contributed by atoms with Crippen LogP contribution in [0.5, 0.6) is 0 Å². The summed E-state index contributed by atoms with van der Waals surface area (Å²) in [5, 5.41) is 13.0. The number of rotatable bonds is 4. The number of aromatic nitrogens is 2. The van der Waals surface area contributed by atoms with Crippen LogP contribution in [0.2, 0.25) is 0 Å². The van der Waals surface area contributed by atoms with Crippen LogP contribution in [0.3, 0.4) is 0 Å². The van der Waals surface area contributed by atoms with Crippen LogP contribution in [0.15, 0.2) is 17.3 Å². The third-order valence-corrected chi connectivity index (χ3v) is 2.96. The van der Waals surface area contributed by atoms with Crippen molar-refractivity contribution in [2.45, 2.75) is 17.4 Å². The molecule has 1 aromatic rings. The van der Waals surface area contributed by atoms with Crippen molar-refractivity contribution in [2.24, 2.45) is 12.8 Å². The number of nitrogens with zero attached hydrogens (tertiary/aromatic N) is 2. The molecule has 1 heterocycles. The van der Waals surface area contributed by atoms with Gasteiger partial charge in [0.15, 0.2) is 0 Å². The van der Waals surface area contributed by atoms with E-state index in [1.54, 1.807) is 22.6 Å². The first-order valence-electron chi connectivity index (χ1n) is 4.05. The number of thioether (sulfide) groups is 1. The molecule has 0 aliphatic rings. The van der Waals surface area contributed by atoms with Gasteiger partial charge in [0.2, 0.25) is 0 Å². The van der Waals surface area contributed by atoms with Crippen LogP contribution < -0.4 is 5.73 Å². The van der Waals surface area contributed by atoms with Crippen molar-refractivity contribution in [3.8, 4) is 0 Å². The molecule has 4 nitrogen and oxygen atoms in total. The normalized spacial score (nSPS) is 15.7. The van der Waals surface area contributed by atoms with E-state index in [0.717, 1.165) is 4.90 Å². The number of aryl methyl sites for hydroxylation is 1. The van der Waals surface area contributed by atoms with E-state index in [1.807, 2.05) is 20.2 Å². The summed E-state index contributed by atoms with van der Waals surface area (Å²) in [7, 11) is 1.87. The lowest BCUT2D eigenvalue weighted by atomic mass is 10.1. The molecule has 0 spiro atoms. The Morgan fingerprint density at radius 1 is 1.77 bits per heavy atom. The van der Waals surface area contributed by atoms with Crippen molar-refractivity contribution in [1.82, 2.24) is 9.78 Å². The zero-order valence-electron chi connectivity index (χ0n) is 7.90. The van der Waals surface area contributed by atoms with Gasteiger partial charge in [-0.05, 0) is 6.92 Å². The van der Waals surface area contributed by atoms with Crippen molar-refractivity contribution in [1.29, 1.82) is 0 Å². The summed E-state index contributed by atoms with van der Waals surface area (Å²) >= 11 is 1.60. The molecule has 1 atom stereocenters. The van der Waals surface area contributed by atoms with Gasteiger partial charge in [-0.3, -0.25) is 4.68 Å². The van der Waals surface area contributed by atoms with E-state index < -0.39 is 5.54 Å². The number of hydrogen-bond donors (Lipinski definition) is 2. The van der Waals surface area contributed by atoms with Crippen LogP contribution in [-0.4, -0.2) is 32.8 Å². The minimum absolute atomic E-state index is 0.000260. The van der Waals surface area contributed by atoms with Gasteiger partial charge in [0.25, 0.3) is 0 Å². The lowest BCUT2D eigenvalue weighted by molar-refractivity contribution is 0.224. The molecule has 0 saturated heterocycles. The second kappa shape index (κ2) is 4.13. The Balaban J connectivity index is 2.43. The topological polar surface area (TPSA) is 64.1 Å². The van der Waals surface area contributed by atoms with Gasteiger partial charge in [0, 0.05) is 29.4 Å². The van der Waals surface area contributed by atoms with Gasteiger partial charge >= 0.3 is 0 Å². The van der Waals surface area contributed by atoms with E-state index in [0.29, 0.717) is 5.75 Å². The van der Waals surface area contributed by atoms with Crippen LogP contribution in [0, 0.1) is 0 Å². The first-order chi connectivity index (χ1) is 6.03. The molecule has 1 aromatic heterocycles. The van der Waals surface area contributed by atoms with Crippen molar-refractivity contribution in [2.75, 3.05) is 12.4 Å². The SMILES string of the molecule is Cn1cc(SCC(C)(N)CO)cn1. The fourth-order valence-corrected chi connectivity index (χ4v) is 1.70. The molecule has 0 saturated carbocycles. The summed E-state index contributed by atoms with van der Waals surface area (Å²) in [6.07, 6.45) is 3.72. The molecule has 0 aliphatic heterocycles. The Bertz CT molecular complexity index is 272. The second-order valence-electron chi connectivity index (χ2n) is 3.45. The number of hydrogen-bond acceptors (Lipinski definition) is 4. The largest absolute Gasteiger partial charge is 0.394 e. The predicted octanol–water partition coefficient (Wildman–Crippen LogP) is 0.222. The van der Waals surface area contributed by atoms with Crippen molar-refractivity contribution >= 4 is 11.8 Å². The van der Waals surface area contributed by atoms with Crippen molar-refractivity contribution in [3.63, 3.8) is 0 Å². The summed E-state index contributed by atoms with van der Waals surface area (Å²) in [5.41, 5.74) is 5.26. The highest BCUT2D eigenvalue weighted by atomic mass is 32.2. The monoisotopic (exact) mass is 201 g/mol. The maximum absolute atomic E-state index is 8.92. The summed E-state index contributed by atoms with van der Waals surface area (Å²) in [6, 6.07) is 0. The van der Waals surface area contributed by atoms with E-state index in [9.17, 15) is 0 Å². The third kappa shape index (κ3) is 3.38. The Hall–Kier alpha value is -0.520. The van der Waals surface area contributed by atoms with Gasteiger partial charge < -0.3 is 10.8 Å². The van der Waals surface area contributed by atoms with E-state index in [-0.39, 0.29) is 6.61 Å². The molecule has 1 unspecified atom stereocenters. The minimum Gasteiger partial charge on any atom is -0.394 e. The Kier molecular flexibility index (Phi) is 3.35. The maximum Gasteiger partial charge on any atom is 0.0625 e. The second-order valence-corrected chi connectivity index (χ2v) is 4.50. The van der Waals surface area contributed by atoms with Gasteiger partial charge in [-0.25, -0.2) is 0 Å². The fourth-order valence-electron chi connectivity index (χ4n) is 0.767. The molecule has 0 aromatic carbocycles. The molecular formula is C8H15N3OS. The summed E-state index contributed by atoms with van der Waals surface area (Å²) in [6.45, 7) is 1.83. The Morgan fingerprint density at radius 3 is 2.92 bits per heavy atom. The highest BCUT2D eigenvalue weighted by Crippen LogP contribution is 2.20. The quantitative estimate of drug-likeness (QED) is 0.684. The van der Waals surface area contributed by atoms with Crippen LogP contribution in [0.25, 0.3) is 0 Å². The molecule has 0 fully saturated rings. The predicted molar refractivity (Wildman–Crippen MR) is 53.6 cm³/mol. The van der Waals surface area contributed by atoms with Gasteiger partial charge in [-0.1, -0.05) is 0 Å². The molecular weight excluding hydrogens is 186 g/mol. The molecule has 13 heavy (non-hydrogen) atoms. The number of aliphatic hydroxyl groups excluding tert-OH is 1.